The van der Waals surface area contributed by atoms with Crippen LogP contribution in [0, 0.1) is 11.7 Å². The van der Waals surface area contributed by atoms with Crippen LogP contribution in [0.5, 0.6) is 0 Å². The van der Waals surface area contributed by atoms with Gasteiger partial charge in [-0.1, -0.05) is 30.7 Å². The van der Waals surface area contributed by atoms with Crippen molar-refractivity contribution in [2.45, 2.75) is 49.6 Å². The van der Waals surface area contributed by atoms with Gasteiger partial charge in [-0.15, -0.1) is 11.8 Å². The van der Waals surface area contributed by atoms with E-state index in [0.717, 1.165) is 22.3 Å². The summed E-state index contributed by atoms with van der Waals surface area (Å²) < 4.78 is 13.4. The Kier molecular flexibility index (Phi) is 6.88. The molecule has 2 fully saturated rings. The maximum Gasteiger partial charge on any atom is 0.252 e. The zero-order valence-corrected chi connectivity index (χ0v) is 17.6. The van der Waals surface area contributed by atoms with E-state index < -0.39 is 0 Å². The SMILES string of the molecule is O=C(NCc1cccc(F)c1)c1ccccc1SCC1CCCN2CCCCC12. The Balaban J connectivity index is 1.38. The van der Waals surface area contributed by atoms with Gasteiger partial charge in [0.15, 0.2) is 0 Å². The second-order valence-electron chi connectivity index (χ2n) is 8.12. The molecule has 0 aromatic heterocycles. The highest BCUT2D eigenvalue weighted by molar-refractivity contribution is 7.99. The summed E-state index contributed by atoms with van der Waals surface area (Å²) in [6.45, 7) is 2.84. The average Bonchev–Trinajstić information content (AvgIpc) is 2.76. The third-order valence-electron chi connectivity index (χ3n) is 6.16. The van der Waals surface area contributed by atoms with Crippen LogP contribution in [0.15, 0.2) is 53.4 Å². The van der Waals surface area contributed by atoms with Crippen LogP contribution in [-0.2, 0) is 6.54 Å². The Hall–Kier alpha value is -1.85. The molecule has 2 aliphatic heterocycles. The lowest BCUT2D eigenvalue weighted by Gasteiger charge is -2.44. The molecule has 0 saturated carbocycles. The molecule has 0 spiro atoms. The van der Waals surface area contributed by atoms with E-state index in [1.807, 2.05) is 42.1 Å². The molecule has 2 heterocycles. The van der Waals surface area contributed by atoms with E-state index in [4.69, 9.17) is 0 Å². The number of halogens is 1. The van der Waals surface area contributed by atoms with Crippen LogP contribution in [0.3, 0.4) is 0 Å². The Labute approximate surface area is 177 Å². The summed E-state index contributed by atoms with van der Waals surface area (Å²) in [7, 11) is 0. The van der Waals surface area contributed by atoms with Gasteiger partial charge in [0.05, 0.1) is 5.56 Å². The van der Waals surface area contributed by atoms with Crippen molar-refractivity contribution in [3.8, 4) is 0 Å². The van der Waals surface area contributed by atoms with Gasteiger partial charge in [-0.05, 0) is 74.5 Å². The quantitative estimate of drug-likeness (QED) is 0.669. The molecule has 2 unspecified atom stereocenters. The van der Waals surface area contributed by atoms with Gasteiger partial charge in [-0.25, -0.2) is 4.39 Å². The molecule has 29 heavy (non-hydrogen) atoms. The van der Waals surface area contributed by atoms with Crippen molar-refractivity contribution in [3.05, 3.63) is 65.5 Å². The Morgan fingerprint density at radius 3 is 2.83 bits per heavy atom. The maximum absolute atomic E-state index is 13.4. The van der Waals surface area contributed by atoms with Gasteiger partial charge < -0.3 is 10.2 Å². The summed E-state index contributed by atoms with van der Waals surface area (Å²) in [6.07, 6.45) is 6.59. The van der Waals surface area contributed by atoms with Gasteiger partial charge in [0, 0.05) is 23.2 Å². The largest absolute Gasteiger partial charge is 0.348 e. The lowest BCUT2D eigenvalue weighted by Crippen LogP contribution is -2.48. The van der Waals surface area contributed by atoms with Gasteiger partial charge in [-0.2, -0.15) is 0 Å². The first-order valence-electron chi connectivity index (χ1n) is 10.7. The first-order chi connectivity index (χ1) is 14.2. The van der Waals surface area contributed by atoms with E-state index in [0.29, 0.717) is 18.0 Å². The maximum atomic E-state index is 13.4. The van der Waals surface area contributed by atoms with Crippen LogP contribution in [-0.4, -0.2) is 35.7 Å². The monoisotopic (exact) mass is 412 g/mol. The number of nitrogens with one attached hydrogen (secondary N) is 1. The number of piperidine rings is 2. The van der Waals surface area contributed by atoms with Crippen molar-refractivity contribution in [1.29, 1.82) is 0 Å². The number of thioether (sulfide) groups is 1. The normalized spacial score (nSPS) is 22.1. The van der Waals surface area contributed by atoms with Crippen molar-refractivity contribution < 1.29 is 9.18 Å². The summed E-state index contributed by atoms with van der Waals surface area (Å²) in [5.74, 6) is 1.39. The summed E-state index contributed by atoms with van der Waals surface area (Å²) >= 11 is 1.81. The second kappa shape index (κ2) is 9.77. The molecule has 154 valence electrons. The van der Waals surface area contributed by atoms with Crippen molar-refractivity contribution in [3.63, 3.8) is 0 Å². The smallest absolute Gasteiger partial charge is 0.252 e. The molecule has 2 aliphatic rings. The predicted molar refractivity (Wildman–Crippen MR) is 117 cm³/mol. The van der Waals surface area contributed by atoms with Crippen LogP contribution >= 0.6 is 11.8 Å². The van der Waals surface area contributed by atoms with Crippen molar-refractivity contribution >= 4 is 17.7 Å². The summed E-state index contributed by atoms with van der Waals surface area (Å²) in [5, 5.41) is 2.94. The fraction of sp³-hybridized carbons (Fsp3) is 0.458. The fourth-order valence-corrected chi connectivity index (χ4v) is 5.95. The molecule has 0 aliphatic carbocycles. The molecule has 5 heteroatoms. The Bertz CT molecular complexity index is 841. The molecular formula is C24H29FN2OS. The van der Waals surface area contributed by atoms with Crippen LogP contribution < -0.4 is 5.32 Å². The predicted octanol–water partition coefficient (Wildman–Crippen LogP) is 5.11. The van der Waals surface area contributed by atoms with Crippen molar-refractivity contribution in [1.82, 2.24) is 10.2 Å². The molecule has 2 saturated heterocycles. The lowest BCUT2D eigenvalue weighted by atomic mass is 9.85. The number of rotatable bonds is 6. The highest BCUT2D eigenvalue weighted by Gasteiger charge is 2.32. The van der Waals surface area contributed by atoms with E-state index >= 15 is 0 Å². The van der Waals surface area contributed by atoms with E-state index in [9.17, 15) is 9.18 Å². The van der Waals surface area contributed by atoms with Gasteiger partial charge >= 0.3 is 0 Å². The van der Waals surface area contributed by atoms with Crippen LogP contribution in [0.2, 0.25) is 0 Å². The van der Waals surface area contributed by atoms with Crippen LogP contribution in [0.25, 0.3) is 0 Å². The summed E-state index contributed by atoms with van der Waals surface area (Å²) in [5.41, 5.74) is 1.48. The first kappa shape index (κ1) is 20.4. The third kappa shape index (κ3) is 5.20. The molecule has 0 radical (unpaired) electrons. The number of nitrogens with zero attached hydrogens (tertiary/aromatic N) is 1. The Morgan fingerprint density at radius 2 is 1.93 bits per heavy atom. The van der Waals surface area contributed by atoms with E-state index in [2.05, 4.69) is 10.2 Å². The second-order valence-corrected chi connectivity index (χ2v) is 9.18. The number of amides is 1. The minimum Gasteiger partial charge on any atom is -0.348 e. The molecular weight excluding hydrogens is 383 g/mol. The average molecular weight is 413 g/mol. The molecule has 0 bridgehead atoms. The number of hydrogen-bond donors (Lipinski definition) is 1. The summed E-state index contributed by atoms with van der Waals surface area (Å²) in [4.78, 5) is 16.5. The number of benzene rings is 2. The molecule has 1 N–H and O–H groups in total. The molecule has 4 rings (SSSR count). The zero-order valence-electron chi connectivity index (χ0n) is 16.8. The minimum atomic E-state index is -0.281. The molecule has 2 aromatic carbocycles. The highest BCUT2D eigenvalue weighted by atomic mass is 32.2. The number of carbonyl (C=O) groups is 1. The van der Waals surface area contributed by atoms with Gasteiger partial charge in [-0.3, -0.25) is 4.79 Å². The van der Waals surface area contributed by atoms with Crippen molar-refractivity contribution in [2.24, 2.45) is 5.92 Å². The van der Waals surface area contributed by atoms with Crippen molar-refractivity contribution in [2.75, 3.05) is 18.8 Å². The topological polar surface area (TPSA) is 32.3 Å². The molecule has 2 atom stereocenters. The van der Waals surface area contributed by atoms with E-state index in [1.165, 1.54) is 57.3 Å². The number of hydrogen-bond acceptors (Lipinski definition) is 3. The number of fused-ring (bicyclic) bond motifs is 1. The van der Waals surface area contributed by atoms with E-state index in [1.54, 1.807) is 6.07 Å². The van der Waals surface area contributed by atoms with E-state index in [-0.39, 0.29) is 11.7 Å². The Morgan fingerprint density at radius 1 is 1.07 bits per heavy atom. The van der Waals surface area contributed by atoms with Crippen LogP contribution in [0.1, 0.15) is 48.0 Å². The molecule has 2 aromatic rings. The molecule has 3 nitrogen and oxygen atoms in total. The van der Waals surface area contributed by atoms with Gasteiger partial charge in [0.2, 0.25) is 0 Å². The van der Waals surface area contributed by atoms with Crippen LogP contribution in [0.4, 0.5) is 4.39 Å². The van der Waals surface area contributed by atoms with Gasteiger partial charge in [0.25, 0.3) is 5.91 Å². The standard InChI is InChI=1S/C24H29FN2OS/c25-20-9-5-7-18(15-20)16-26-24(28)21-10-1-2-12-23(21)29-17-19-8-6-14-27-13-4-3-11-22(19)27/h1-2,5,7,9-10,12,15,19,22H,3-4,6,8,11,13-14,16-17H2,(H,26,28). The zero-order chi connectivity index (χ0) is 20.1. The molecule has 1 amide bonds. The minimum absolute atomic E-state index is 0.0969. The summed E-state index contributed by atoms with van der Waals surface area (Å²) in [6, 6.07) is 14.9. The lowest BCUT2D eigenvalue weighted by molar-refractivity contribution is 0.0693. The highest BCUT2D eigenvalue weighted by Crippen LogP contribution is 2.35. The third-order valence-corrected chi connectivity index (χ3v) is 7.42. The number of carbonyl (C=O) groups excluding carboxylic acids is 1. The fourth-order valence-electron chi connectivity index (χ4n) is 4.67. The van der Waals surface area contributed by atoms with Gasteiger partial charge in [0.1, 0.15) is 5.82 Å². The first-order valence-corrected chi connectivity index (χ1v) is 11.7.